The summed E-state index contributed by atoms with van der Waals surface area (Å²) >= 11 is 0. The lowest BCUT2D eigenvalue weighted by atomic mass is 9.79. The van der Waals surface area contributed by atoms with Crippen molar-refractivity contribution in [1.82, 2.24) is 4.90 Å². The fourth-order valence-electron chi connectivity index (χ4n) is 8.36. The van der Waals surface area contributed by atoms with Crippen molar-refractivity contribution in [3.8, 4) is 0 Å². The number of rotatable bonds is 12. The highest BCUT2D eigenvalue weighted by Crippen LogP contribution is 2.33. The Balaban J connectivity index is 1.89. The third kappa shape index (κ3) is 25.0. The molecule has 2 unspecified atom stereocenters. The van der Waals surface area contributed by atoms with Gasteiger partial charge < -0.3 is 19.1 Å². The van der Waals surface area contributed by atoms with Crippen LogP contribution in [0.1, 0.15) is 200 Å². The lowest BCUT2D eigenvalue weighted by Crippen LogP contribution is -2.22. The zero-order valence-corrected chi connectivity index (χ0v) is 34.9. The average Bonchev–Trinajstić information content (AvgIpc) is 3.68. The summed E-state index contributed by atoms with van der Waals surface area (Å²) in [5.74, 6) is 1.08. The summed E-state index contributed by atoms with van der Waals surface area (Å²) in [5.41, 5.74) is 7.58. The van der Waals surface area contributed by atoms with Gasteiger partial charge in [-0.05, 0) is 114 Å². The van der Waals surface area contributed by atoms with Crippen molar-refractivity contribution >= 4 is 11.9 Å². The summed E-state index contributed by atoms with van der Waals surface area (Å²) in [4.78, 5) is 27.9. The number of unbranched alkanes of at least 4 members (excludes halogenated alkanes) is 2. The molecule has 0 aliphatic carbocycles. The van der Waals surface area contributed by atoms with Gasteiger partial charge in [-0.25, -0.2) is 0 Å². The highest BCUT2D eigenvalue weighted by molar-refractivity contribution is 5.69. The molecule has 2 rings (SSSR count). The van der Waals surface area contributed by atoms with E-state index < -0.39 is 0 Å². The van der Waals surface area contributed by atoms with Gasteiger partial charge in [0, 0.05) is 32.6 Å². The summed E-state index contributed by atoms with van der Waals surface area (Å²) in [6.07, 6.45) is 32.3. The summed E-state index contributed by atoms with van der Waals surface area (Å²) in [6, 6.07) is 0. The maximum absolute atomic E-state index is 12.7. The van der Waals surface area contributed by atoms with E-state index in [1.54, 1.807) is 0 Å². The molecule has 2 aliphatic heterocycles. The standard InChI is InChI=1S/C47H83NO5/c1-4-7-29-43-33-39-52-46(49)31-21-17-13-9-11-15-19-27-42(41-51-38-25-37-48-35-23-24-36-48)28-20-16-12-10-14-18-22-32-47(50)53-40-34-44(30-8-5-2)45(43)26-6-3/h42-44H,3-5,7-25,27-41H2,1-2H3. The van der Waals surface area contributed by atoms with Gasteiger partial charge in [0.05, 0.1) is 13.2 Å². The molecule has 2 aliphatic rings. The Morgan fingerprint density at radius 3 is 1.58 bits per heavy atom. The van der Waals surface area contributed by atoms with Gasteiger partial charge in [0.25, 0.3) is 0 Å². The number of nitrogens with zero attached hydrogens (tertiary/aromatic N) is 1. The normalized spacial score (nSPS) is 24.4. The van der Waals surface area contributed by atoms with Gasteiger partial charge in [-0.3, -0.25) is 9.59 Å². The Labute approximate surface area is 327 Å². The van der Waals surface area contributed by atoms with E-state index in [1.807, 2.05) is 0 Å². The fraction of sp³-hybridized carbons (Fsp3) is 0.872. The van der Waals surface area contributed by atoms with Crippen molar-refractivity contribution in [3.05, 3.63) is 23.6 Å². The molecule has 0 aromatic rings. The largest absolute Gasteiger partial charge is 0.466 e. The monoisotopic (exact) mass is 742 g/mol. The van der Waals surface area contributed by atoms with E-state index in [1.165, 1.54) is 115 Å². The maximum atomic E-state index is 12.7. The van der Waals surface area contributed by atoms with Crippen LogP contribution in [0.4, 0.5) is 0 Å². The molecular formula is C47H83NO5. The van der Waals surface area contributed by atoms with Crippen LogP contribution in [-0.4, -0.2) is 62.9 Å². The van der Waals surface area contributed by atoms with Crippen molar-refractivity contribution in [1.29, 1.82) is 0 Å². The molecular weight excluding hydrogens is 659 g/mol. The molecule has 0 spiro atoms. The van der Waals surface area contributed by atoms with Crippen LogP contribution >= 0.6 is 0 Å². The van der Waals surface area contributed by atoms with Crippen LogP contribution in [-0.2, 0) is 23.8 Å². The minimum Gasteiger partial charge on any atom is -0.466 e. The molecule has 0 aromatic heterocycles. The predicted molar refractivity (Wildman–Crippen MR) is 221 cm³/mol. The number of carbonyl (C=O) groups is 2. The summed E-state index contributed by atoms with van der Waals surface area (Å²) < 4.78 is 17.8. The Bertz CT molecular complexity index is 939. The molecule has 0 saturated carbocycles. The molecule has 2 saturated heterocycles. The SMILES string of the molecule is C=C=C=C1C(CCCC)CCOC(=O)CCCCCCCCCC(COCCCN2CCCC2)CCCCCCCCCC(=O)OCCC1CCCC. The second-order valence-corrected chi connectivity index (χ2v) is 16.3. The molecule has 2 heterocycles. The molecule has 0 aromatic carbocycles. The summed E-state index contributed by atoms with van der Waals surface area (Å²) in [7, 11) is 0. The molecule has 306 valence electrons. The fourth-order valence-corrected chi connectivity index (χ4v) is 8.36. The van der Waals surface area contributed by atoms with Gasteiger partial charge in [-0.1, -0.05) is 128 Å². The first-order valence-corrected chi connectivity index (χ1v) is 22.8. The number of esters is 2. The molecule has 2 fully saturated rings. The number of carbonyl (C=O) groups excluding carboxylic acids is 2. The zero-order chi connectivity index (χ0) is 38.0. The zero-order valence-electron chi connectivity index (χ0n) is 34.9. The van der Waals surface area contributed by atoms with Crippen molar-refractivity contribution in [2.75, 3.05) is 46.1 Å². The van der Waals surface area contributed by atoms with Gasteiger partial charge in [-0.2, -0.15) is 0 Å². The van der Waals surface area contributed by atoms with Crippen LogP contribution in [0, 0.1) is 17.8 Å². The van der Waals surface area contributed by atoms with Gasteiger partial charge in [-0.15, -0.1) is 0 Å². The number of allylic oxidation sites excluding steroid dienone is 1. The summed E-state index contributed by atoms with van der Waals surface area (Å²) in [6.45, 7) is 14.8. The second-order valence-electron chi connectivity index (χ2n) is 16.3. The first-order valence-electron chi connectivity index (χ1n) is 22.8. The number of hydrogen-bond donors (Lipinski definition) is 0. The van der Waals surface area contributed by atoms with Crippen LogP contribution in [0.2, 0.25) is 0 Å². The molecule has 0 bridgehead atoms. The van der Waals surface area contributed by atoms with E-state index in [0.29, 0.717) is 32.0 Å². The Hall–Kier alpha value is -1.84. The van der Waals surface area contributed by atoms with E-state index >= 15 is 0 Å². The predicted octanol–water partition coefficient (Wildman–Crippen LogP) is 12.5. The van der Waals surface area contributed by atoms with Gasteiger partial charge >= 0.3 is 11.9 Å². The van der Waals surface area contributed by atoms with Crippen molar-refractivity contribution in [3.63, 3.8) is 0 Å². The molecule has 2 atom stereocenters. The maximum Gasteiger partial charge on any atom is 0.305 e. The second kappa shape index (κ2) is 33.5. The van der Waals surface area contributed by atoms with Crippen molar-refractivity contribution < 1.29 is 23.8 Å². The topological polar surface area (TPSA) is 65.1 Å². The Morgan fingerprint density at radius 1 is 0.642 bits per heavy atom. The highest BCUT2D eigenvalue weighted by Gasteiger charge is 2.24. The van der Waals surface area contributed by atoms with Crippen LogP contribution in [0.15, 0.2) is 23.6 Å². The number of hydrogen-bond acceptors (Lipinski definition) is 6. The molecule has 0 amide bonds. The first-order chi connectivity index (χ1) is 26.1. The smallest absolute Gasteiger partial charge is 0.305 e. The van der Waals surface area contributed by atoms with Crippen LogP contribution in [0.5, 0.6) is 0 Å². The van der Waals surface area contributed by atoms with E-state index in [0.717, 1.165) is 96.7 Å². The summed E-state index contributed by atoms with van der Waals surface area (Å²) in [5, 5.41) is 0. The van der Waals surface area contributed by atoms with E-state index in [2.05, 4.69) is 36.8 Å². The van der Waals surface area contributed by atoms with Crippen LogP contribution < -0.4 is 0 Å². The minimum atomic E-state index is -0.0672. The van der Waals surface area contributed by atoms with E-state index in [9.17, 15) is 9.59 Å². The van der Waals surface area contributed by atoms with Crippen LogP contribution in [0.3, 0.4) is 0 Å². The Morgan fingerprint density at radius 2 is 1.11 bits per heavy atom. The molecule has 6 heteroatoms. The van der Waals surface area contributed by atoms with Crippen molar-refractivity contribution in [2.45, 2.75) is 200 Å². The Kier molecular flexibility index (Phi) is 29.9. The lowest BCUT2D eigenvalue weighted by molar-refractivity contribution is -0.144. The van der Waals surface area contributed by atoms with Gasteiger partial charge in [0.15, 0.2) is 0 Å². The van der Waals surface area contributed by atoms with Gasteiger partial charge in [0.2, 0.25) is 0 Å². The number of ether oxygens (including phenoxy) is 3. The quantitative estimate of drug-likeness (QED) is 0.113. The molecule has 6 nitrogen and oxygen atoms in total. The van der Waals surface area contributed by atoms with Gasteiger partial charge in [0.1, 0.15) is 0 Å². The number of cyclic esters (lactones) is 2. The highest BCUT2D eigenvalue weighted by atomic mass is 16.5. The average molecular weight is 742 g/mol. The molecule has 0 radical (unpaired) electrons. The molecule has 53 heavy (non-hydrogen) atoms. The van der Waals surface area contributed by atoms with Crippen molar-refractivity contribution in [2.24, 2.45) is 17.8 Å². The third-order valence-electron chi connectivity index (χ3n) is 11.7. The van der Waals surface area contributed by atoms with Crippen LogP contribution in [0.25, 0.3) is 0 Å². The molecule has 0 N–H and O–H groups in total. The lowest BCUT2D eigenvalue weighted by Gasteiger charge is -2.26. The van der Waals surface area contributed by atoms with E-state index in [4.69, 9.17) is 14.2 Å². The van der Waals surface area contributed by atoms with E-state index in [-0.39, 0.29) is 23.8 Å². The third-order valence-corrected chi connectivity index (χ3v) is 11.7. The first kappa shape index (κ1) is 47.3. The minimum absolute atomic E-state index is 0.0672. The number of likely N-dealkylation sites (tertiary alicyclic amines) is 1.